The number of aryl methyl sites for hydroxylation is 1. The van der Waals surface area contributed by atoms with E-state index < -0.39 is 0 Å². The number of nitrogens with two attached hydrogens (primary N) is 1. The Kier molecular flexibility index (Phi) is 3.66. The zero-order valence-corrected chi connectivity index (χ0v) is 12.3. The summed E-state index contributed by atoms with van der Waals surface area (Å²) in [6.07, 6.45) is 6.34. The second-order valence-corrected chi connectivity index (χ2v) is 5.31. The van der Waals surface area contributed by atoms with Gasteiger partial charge in [0.1, 0.15) is 11.3 Å². The summed E-state index contributed by atoms with van der Waals surface area (Å²) < 4.78 is 2.11. The lowest BCUT2D eigenvalue weighted by Crippen LogP contribution is -2.25. The molecule has 0 aliphatic carbocycles. The van der Waals surface area contributed by atoms with Gasteiger partial charge in [0.25, 0.3) is 0 Å². The molecule has 0 aliphatic rings. The normalized spacial score (nSPS) is 12.7. The Morgan fingerprint density at radius 3 is 2.76 bits per heavy atom. The minimum absolute atomic E-state index is 0.0890. The van der Waals surface area contributed by atoms with Gasteiger partial charge in [0.15, 0.2) is 5.65 Å². The quantitative estimate of drug-likeness (QED) is 0.798. The molecule has 0 aliphatic heterocycles. The molecule has 21 heavy (non-hydrogen) atoms. The molecule has 0 spiro atoms. The summed E-state index contributed by atoms with van der Waals surface area (Å²) in [5.41, 5.74) is 10.1. The van der Waals surface area contributed by atoms with Crippen molar-refractivity contribution in [3.05, 3.63) is 42.4 Å². The van der Waals surface area contributed by atoms with E-state index in [1.165, 1.54) is 0 Å². The van der Waals surface area contributed by atoms with E-state index in [2.05, 4.69) is 27.5 Å². The molecule has 1 atom stereocenters. The molecule has 0 saturated carbocycles. The molecule has 108 valence electrons. The Balaban J connectivity index is 2.19. The average molecular weight is 281 g/mol. The highest BCUT2D eigenvalue weighted by molar-refractivity contribution is 5.77. The predicted molar refractivity (Wildman–Crippen MR) is 83.8 cm³/mol. The molecule has 3 aromatic heterocycles. The molecular weight excluding hydrogens is 262 g/mol. The van der Waals surface area contributed by atoms with Crippen LogP contribution in [0, 0.1) is 6.92 Å². The molecular formula is C16H19N5. The molecule has 5 nitrogen and oxygen atoms in total. The zero-order chi connectivity index (χ0) is 14.8. The van der Waals surface area contributed by atoms with Crippen molar-refractivity contribution in [3.63, 3.8) is 0 Å². The van der Waals surface area contributed by atoms with Crippen LogP contribution in [0.3, 0.4) is 0 Å². The van der Waals surface area contributed by atoms with E-state index in [1.54, 1.807) is 12.4 Å². The van der Waals surface area contributed by atoms with Gasteiger partial charge in [-0.1, -0.05) is 6.92 Å². The van der Waals surface area contributed by atoms with E-state index in [-0.39, 0.29) is 6.04 Å². The van der Waals surface area contributed by atoms with Gasteiger partial charge in [0, 0.05) is 36.7 Å². The number of hydrogen-bond acceptors (Lipinski definition) is 4. The molecule has 1 unspecified atom stereocenters. The molecule has 0 bridgehead atoms. The number of fused-ring (bicyclic) bond motifs is 1. The first kappa shape index (κ1) is 13.7. The number of nitrogens with zero attached hydrogens (tertiary/aromatic N) is 4. The third kappa shape index (κ3) is 2.64. The molecule has 2 N–H and O–H groups in total. The van der Waals surface area contributed by atoms with Gasteiger partial charge in [-0.05, 0) is 37.1 Å². The van der Waals surface area contributed by atoms with E-state index in [0.717, 1.165) is 34.5 Å². The average Bonchev–Trinajstić information content (AvgIpc) is 2.85. The highest BCUT2D eigenvalue weighted by atomic mass is 15.1. The van der Waals surface area contributed by atoms with Gasteiger partial charge in [-0.2, -0.15) is 0 Å². The summed E-state index contributed by atoms with van der Waals surface area (Å²) in [5.74, 6) is 0.898. The maximum absolute atomic E-state index is 6.14. The number of hydrogen-bond donors (Lipinski definition) is 1. The minimum atomic E-state index is 0.0890. The third-order valence-electron chi connectivity index (χ3n) is 3.60. The van der Waals surface area contributed by atoms with Crippen molar-refractivity contribution in [3.8, 4) is 11.4 Å². The summed E-state index contributed by atoms with van der Waals surface area (Å²) in [6.45, 7) is 4.82. The minimum Gasteiger partial charge on any atom is -0.326 e. The highest BCUT2D eigenvalue weighted by Crippen LogP contribution is 2.24. The van der Waals surface area contributed by atoms with Crippen LogP contribution in [0.5, 0.6) is 0 Å². The van der Waals surface area contributed by atoms with Gasteiger partial charge in [-0.25, -0.2) is 9.97 Å². The number of pyridine rings is 2. The van der Waals surface area contributed by atoms with Crippen LogP contribution in [0.25, 0.3) is 22.6 Å². The summed E-state index contributed by atoms with van der Waals surface area (Å²) in [7, 11) is 0. The highest BCUT2D eigenvalue weighted by Gasteiger charge is 2.15. The molecule has 0 amide bonds. The number of imidazole rings is 1. The zero-order valence-electron chi connectivity index (χ0n) is 12.3. The Bertz CT molecular complexity index is 748. The topological polar surface area (TPSA) is 69.6 Å². The van der Waals surface area contributed by atoms with Gasteiger partial charge in [-0.15, -0.1) is 0 Å². The number of rotatable bonds is 4. The first-order valence-corrected chi connectivity index (χ1v) is 7.18. The van der Waals surface area contributed by atoms with Gasteiger partial charge < -0.3 is 10.3 Å². The van der Waals surface area contributed by atoms with Crippen LogP contribution in [0.1, 0.15) is 18.9 Å². The molecule has 5 heteroatoms. The van der Waals surface area contributed by atoms with Crippen molar-refractivity contribution < 1.29 is 0 Å². The van der Waals surface area contributed by atoms with Crippen molar-refractivity contribution >= 4 is 11.2 Å². The van der Waals surface area contributed by atoms with Crippen LogP contribution in [-0.2, 0) is 6.54 Å². The van der Waals surface area contributed by atoms with Gasteiger partial charge >= 0.3 is 0 Å². The van der Waals surface area contributed by atoms with E-state index in [0.29, 0.717) is 6.54 Å². The Morgan fingerprint density at radius 2 is 2.05 bits per heavy atom. The molecule has 3 aromatic rings. The van der Waals surface area contributed by atoms with Crippen LogP contribution in [-0.4, -0.2) is 25.6 Å². The van der Waals surface area contributed by atoms with Crippen LogP contribution >= 0.6 is 0 Å². The van der Waals surface area contributed by atoms with Crippen molar-refractivity contribution in [2.45, 2.75) is 32.9 Å². The lowest BCUT2D eigenvalue weighted by atomic mass is 10.2. The Morgan fingerprint density at radius 1 is 1.29 bits per heavy atom. The second kappa shape index (κ2) is 5.61. The van der Waals surface area contributed by atoms with Gasteiger partial charge in [-0.3, -0.25) is 4.98 Å². The fraction of sp³-hybridized carbons (Fsp3) is 0.312. The maximum Gasteiger partial charge on any atom is 0.160 e. The van der Waals surface area contributed by atoms with E-state index in [4.69, 9.17) is 10.7 Å². The summed E-state index contributed by atoms with van der Waals surface area (Å²) in [6, 6.07) is 6.07. The summed E-state index contributed by atoms with van der Waals surface area (Å²) in [5, 5.41) is 0. The molecule has 0 aromatic carbocycles. The molecule has 0 radical (unpaired) electrons. The van der Waals surface area contributed by atoms with Crippen LogP contribution in [0.2, 0.25) is 0 Å². The van der Waals surface area contributed by atoms with Crippen LogP contribution in [0.4, 0.5) is 0 Å². The van der Waals surface area contributed by atoms with E-state index >= 15 is 0 Å². The van der Waals surface area contributed by atoms with E-state index in [9.17, 15) is 0 Å². The largest absolute Gasteiger partial charge is 0.326 e. The summed E-state index contributed by atoms with van der Waals surface area (Å²) >= 11 is 0. The van der Waals surface area contributed by atoms with Gasteiger partial charge in [0.2, 0.25) is 0 Å². The van der Waals surface area contributed by atoms with Crippen LogP contribution in [0.15, 0.2) is 36.8 Å². The van der Waals surface area contributed by atoms with Crippen molar-refractivity contribution in [2.24, 2.45) is 5.73 Å². The lowest BCUT2D eigenvalue weighted by Gasteiger charge is -2.13. The van der Waals surface area contributed by atoms with Gasteiger partial charge in [0.05, 0.1) is 0 Å². The standard InChI is InChI=1S/C16H19N5/c1-3-13(17)10-21-15(12-4-6-18-7-5-12)20-14-8-11(2)9-19-16(14)21/h4-9,13H,3,10,17H2,1-2H3. The first-order chi connectivity index (χ1) is 10.2. The van der Waals surface area contributed by atoms with E-state index in [1.807, 2.05) is 25.3 Å². The van der Waals surface area contributed by atoms with Crippen LogP contribution < -0.4 is 5.73 Å². The van der Waals surface area contributed by atoms with Crippen molar-refractivity contribution in [1.82, 2.24) is 19.5 Å². The fourth-order valence-electron chi connectivity index (χ4n) is 2.37. The summed E-state index contributed by atoms with van der Waals surface area (Å²) in [4.78, 5) is 13.4. The first-order valence-electron chi connectivity index (χ1n) is 7.18. The van der Waals surface area contributed by atoms with Crippen molar-refractivity contribution in [1.29, 1.82) is 0 Å². The monoisotopic (exact) mass is 281 g/mol. The number of aromatic nitrogens is 4. The molecule has 3 rings (SSSR count). The lowest BCUT2D eigenvalue weighted by molar-refractivity contribution is 0.549. The fourth-order valence-corrected chi connectivity index (χ4v) is 2.37. The second-order valence-electron chi connectivity index (χ2n) is 5.31. The smallest absolute Gasteiger partial charge is 0.160 e. The predicted octanol–water partition coefficient (Wildman–Crippen LogP) is 2.54. The van der Waals surface area contributed by atoms with Crippen molar-refractivity contribution in [2.75, 3.05) is 0 Å². The Hall–Kier alpha value is -2.27. The molecule has 3 heterocycles. The SMILES string of the molecule is CCC(N)Cn1c(-c2ccncc2)nc2cc(C)cnc21. The maximum atomic E-state index is 6.14. The Labute approximate surface area is 123 Å². The molecule has 0 fully saturated rings. The molecule has 0 saturated heterocycles. The third-order valence-corrected chi connectivity index (χ3v) is 3.60.